The molecule has 0 aromatic heterocycles. The third-order valence-corrected chi connectivity index (χ3v) is 27.7. The molecule has 148 heavy (non-hydrogen) atoms. The maximum absolute atomic E-state index is 13.9. The molecule has 57 heteroatoms. The maximum Gasteiger partial charge on any atom is 0.428 e. The van der Waals surface area contributed by atoms with E-state index in [1.807, 2.05) is 0 Å². The first-order chi connectivity index (χ1) is 65.6. The molecule has 0 radical (unpaired) electrons. The molecule has 0 aromatic carbocycles. The van der Waals surface area contributed by atoms with Crippen LogP contribution in [0.25, 0.3) is 0 Å². The molecule has 3 saturated heterocycles. The third kappa shape index (κ3) is 27.5. The highest BCUT2D eigenvalue weighted by Gasteiger charge is 2.79. The van der Waals surface area contributed by atoms with Gasteiger partial charge in [-0.25, -0.2) is 14.4 Å². The summed E-state index contributed by atoms with van der Waals surface area (Å²) >= 11 is 0. The summed E-state index contributed by atoms with van der Waals surface area (Å²) in [4.78, 5) is 116. The van der Waals surface area contributed by atoms with Gasteiger partial charge in [-0.2, -0.15) is 119 Å². The van der Waals surface area contributed by atoms with Gasteiger partial charge in [-0.05, 0) is 185 Å². The number of rotatable bonds is 39. The number of aliphatic hydroxyl groups is 6. The van der Waals surface area contributed by atoms with Gasteiger partial charge in [0.25, 0.3) is 16.8 Å². The lowest BCUT2D eigenvalue weighted by Gasteiger charge is -2.45. The van der Waals surface area contributed by atoms with Gasteiger partial charge < -0.3 is 102 Å². The molecule has 7 aliphatic rings. The molecule has 0 amide bonds. The number of hydrogen-bond acceptors (Lipinski definition) is 30. The topological polar surface area (TPSA) is 413 Å². The quantitative estimate of drug-likeness (QED) is 0.0109. The van der Waals surface area contributed by atoms with Crippen LogP contribution in [0.2, 0.25) is 0 Å². The zero-order chi connectivity index (χ0) is 116. The summed E-state index contributed by atoms with van der Waals surface area (Å²) in [7, 11) is 0. The Hall–Kier alpha value is -7.92. The van der Waals surface area contributed by atoms with Crippen molar-refractivity contribution in [2.24, 2.45) is 40.9 Å². The van der Waals surface area contributed by atoms with Crippen molar-refractivity contribution in [1.29, 1.82) is 0 Å². The molecule has 7 rings (SSSR count). The number of fused-ring (bicyclic) bond motifs is 5. The molecule has 6 bridgehead atoms. The number of carbonyl (C=O) groups excluding carboxylic acids is 9. The average molecular weight is 2210 g/mol. The van der Waals surface area contributed by atoms with Crippen LogP contribution in [0.1, 0.15) is 224 Å². The summed E-state index contributed by atoms with van der Waals surface area (Å²) in [6.07, 6.45) is -84.6. The number of carbonyl (C=O) groups is 9. The van der Waals surface area contributed by atoms with Gasteiger partial charge in [0.1, 0.15) is 90.1 Å². The summed E-state index contributed by atoms with van der Waals surface area (Å²) < 4.78 is 448. The van der Waals surface area contributed by atoms with Crippen molar-refractivity contribution in [2.45, 2.75) is 438 Å². The lowest BCUT2D eigenvalue weighted by molar-refractivity contribution is -0.401. The van der Waals surface area contributed by atoms with E-state index in [9.17, 15) is 192 Å². The van der Waals surface area contributed by atoms with E-state index in [-0.39, 0.29) is 69.6 Å². The normalized spacial score (nSPS) is 26.6. The summed E-state index contributed by atoms with van der Waals surface area (Å²) in [6, 6.07) is 0. The van der Waals surface area contributed by atoms with Crippen molar-refractivity contribution in [3.63, 3.8) is 0 Å². The molecule has 6 N–H and O–H groups in total. The standard InChI is InChI=1S/C31H41F9O10.2C30H41F9O10/c1-12(2)22(41)47-20-15-10-16-19(24(43)48-21(16)20)18(15)23(42)46-17(11-25(5,6)49-13(3)27(9,44)29(32,33)34)26(7,8)50-14(4)28(45,30(35,36)37)31(38,39)40;1-13(2)21(40)45-18-11-17(16-10-19(18)46-22(16)41)23(42)47-20(12-24(5,6)48-14(3)26(9,43)28(31,32)33)25(7,8)49-15(4)27(44,29(34,35)36)30(37,38)39;1-14(2)20(40)45-17-10-11-26(12-18(17)46-21(26)41)22(42)47-19(13-23(5,6)48-15(3)25(9,43)28(31,32)33)24(7,8)49-16(4)27(44,29(34,35)36)30(37,38)39/h13-21,44-45H,1,10-11H2,2-9H3;14-20,43-44H,1,10-12H2,2-9H3;15-19,43-44H,1,10-13H2,2-9H3. The Morgan fingerprint density at radius 1 is 0.372 bits per heavy atom. The number of esters is 9. The molecule has 3 heterocycles. The Morgan fingerprint density at radius 3 is 1.00 bits per heavy atom. The van der Waals surface area contributed by atoms with Crippen LogP contribution in [0.3, 0.4) is 0 Å². The Labute approximate surface area is 830 Å². The number of hydrogen-bond donors (Lipinski definition) is 6. The van der Waals surface area contributed by atoms with Crippen molar-refractivity contribution in [3.05, 3.63) is 36.5 Å². The van der Waals surface area contributed by atoms with Crippen LogP contribution in [0.4, 0.5) is 119 Å². The average Bonchev–Trinajstić information content (AvgIpc) is 1.54. The van der Waals surface area contributed by atoms with Crippen molar-refractivity contribution in [3.8, 4) is 0 Å². The largest absolute Gasteiger partial charge is 0.459 e. The van der Waals surface area contributed by atoms with E-state index in [2.05, 4.69) is 19.7 Å². The number of alkyl halides is 27. The molecular formula is C91H123F27O30. The van der Waals surface area contributed by atoms with Crippen LogP contribution in [0.5, 0.6) is 0 Å². The predicted molar refractivity (Wildman–Crippen MR) is 447 cm³/mol. The molecule has 3 aliphatic heterocycles. The lowest BCUT2D eigenvalue weighted by atomic mass is 9.74. The van der Waals surface area contributed by atoms with Gasteiger partial charge in [0.2, 0.25) is 0 Å². The fourth-order valence-corrected chi connectivity index (χ4v) is 18.1. The van der Waals surface area contributed by atoms with Crippen LogP contribution < -0.4 is 0 Å². The molecule has 856 valence electrons. The summed E-state index contributed by atoms with van der Waals surface area (Å²) in [6.45, 7) is 31.2. The molecular weight excluding hydrogens is 2090 g/mol. The van der Waals surface area contributed by atoms with Crippen molar-refractivity contribution >= 4 is 53.7 Å². The first-order valence-corrected chi connectivity index (χ1v) is 45.4. The third-order valence-electron chi connectivity index (χ3n) is 27.7. The molecule has 30 nitrogen and oxygen atoms in total. The molecule has 4 aliphatic carbocycles. The van der Waals surface area contributed by atoms with E-state index < -0.39 is 335 Å². The minimum Gasteiger partial charge on any atom is -0.459 e. The van der Waals surface area contributed by atoms with Crippen LogP contribution >= 0.6 is 0 Å². The van der Waals surface area contributed by atoms with Crippen LogP contribution in [0.15, 0.2) is 36.5 Å². The molecule has 7 fully saturated rings. The second-order valence-electron chi connectivity index (χ2n) is 42.3. The van der Waals surface area contributed by atoms with Crippen molar-refractivity contribution < 1.29 is 263 Å². The molecule has 25 unspecified atom stereocenters. The van der Waals surface area contributed by atoms with Gasteiger partial charge in [0.15, 0.2) is 22.2 Å². The van der Waals surface area contributed by atoms with E-state index >= 15 is 0 Å². The minimum atomic E-state index is -6.32. The van der Waals surface area contributed by atoms with Gasteiger partial charge >= 0.3 is 109 Å². The van der Waals surface area contributed by atoms with Gasteiger partial charge in [-0.3, -0.25) is 28.8 Å². The Kier molecular flexibility index (Phi) is 38.3. The van der Waals surface area contributed by atoms with Gasteiger partial charge in [-0.15, -0.1) is 0 Å². The second-order valence-corrected chi connectivity index (χ2v) is 42.3. The monoisotopic (exact) mass is 2210 g/mol. The lowest BCUT2D eigenvalue weighted by Crippen LogP contribution is -2.66. The highest BCUT2D eigenvalue weighted by molar-refractivity contribution is 6.02. The van der Waals surface area contributed by atoms with Crippen molar-refractivity contribution in [1.82, 2.24) is 0 Å². The molecule has 0 spiro atoms. The van der Waals surface area contributed by atoms with E-state index in [1.54, 1.807) is 0 Å². The highest BCUT2D eigenvalue weighted by Crippen LogP contribution is 2.61. The fraction of sp³-hybridized carbons (Fsp3) is 0.835. The van der Waals surface area contributed by atoms with E-state index in [0.29, 0.717) is 20.8 Å². The molecule has 25 atom stereocenters. The van der Waals surface area contributed by atoms with Crippen LogP contribution in [-0.2, 0) is 114 Å². The predicted octanol–water partition coefficient (Wildman–Crippen LogP) is 15.8. The summed E-state index contributed by atoms with van der Waals surface area (Å²) in [5.74, 6) is -15.9. The highest BCUT2D eigenvalue weighted by atomic mass is 19.5. The number of ether oxygens (including phenoxy) is 15. The zero-order valence-corrected chi connectivity index (χ0v) is 84.3. The van der Waals surface area contributed by atoms with Gasteiger partial charge in [0, 0.05) is 67.1 Å². The van der Waals surface area contributed by atoms with Gasteiger partial charge in [0.05, 0.1) is 58.8 Å². The Morgan fingerprint density at radius 2 is 0.682 bits per heavy atom. The second kappa shape index (κ2) is 43.4. The molecule has 0 aromatic rings. The zero-order valence-electron chi connectivity index (χ0n) is 84.3. The fourth-order valence-electron chi connectivity index (χ4n) is 18.1. The molecule has 4 saturated carbocycles. The first kappa shape index (κ1) is 131. The Balaban J connectivity index is 0.000000390. The minimum absolute atomic E-state index is 0.0144. The summed E-state index contributed by atoms with van der Waals surface area (Å²) in [5.41, 5.74) is -41.5. The van der Waals surface area contributed by atoms with Crippen LogP contribution in [0, 0.1) is 40.9 Å². The van der Waals surface area contributed by atoms with Crippen molar-refractivity contribution in [2.75, 3.05) is 0 Å². The van der Waals surface area contributed by atoms with Crippen LogP contribution in [-0.4, -0.2) is 299 Å². The van der Waals surface area contributed by atoms with E-state index in [4.69, 9.17) is 71.1 Å². The summed E-state index contributed by atoms with van der Waals surface area (Å²) in [5, 5.41) is 60.0. The Bertz CT molecular complexity index is 4750. The van der Waals surface area contributed by atoms with E-state index in [0.717, 1.165) is 104 Å². The maximum atomic E-state index is 13.9. The van der Waals surface area contributed by atoms with Gasteiger partial charge in [-0.1, -0.05) is 19.7 Å². The van der Waals surface area contributed by atoms with E-state index in [1.165, 1.54) is 20.8 Å². The number of halogens is 27. The SMILES string of the molecule is C=C(C)C(=O)OC1C2CC3C1OC(=O)C3C2C(=O)OC(CC(C)(C)OC(C)C(C)(O)C(F)(F)F)C(C)(C)OC(C)C(O)(C(F)(F)F)C(F)(F)F.C=C(C)C(=O)OC1CC(C(=O)OC(CC(C)(C)OC(C)C(C)(O)C(F)(F)F)C(C)(C)OC(C)C(O)(C(F)(F)F)C(F)(F)F)C2CC1OC2=O.C=C(C)C(=O)OC1CCC2(C(=O)OC(CC(C)(C)OC(C)C(C)(O)C(F)(F)F)C(C)(C)OC(C)C(O)(C(F)(F)F)C(F)(F)F)CC1OC2=O. The first-order valence-electron chi connectivity index (χ1n) is 45.4. The smallest absolute Gasteiger partial charge is 0.428 e.